The second kappa shape index (κ2) is 14.1. The minimum Gasteiger partial charge on any atom is -0.497 e. The number of ether oxygens (including phenoxy) is 1. The first kappa shape index (κ1) is 27.9. The number of nitrogens with zero attached hydrogens (tertiary/aromatic N) is 2. The molecule has 1 aliphatic rings. The largest absolute Gasteiger partial charge is 0.497 e. The predicted octanol–water partition coefficient (Wildman–Crippen LogP) is 5.01. The van der Waals surface area contributed by atoms with Gasteiger partial charge in [0.05, 0.1) is 19.9 Å². The molecule has 0 unspecified atom stereocenters. The molecule has 0 saturated heterocycles. The first-order valence-corrected chi connectivity index (χ1v) is 13.5. The highest BCUT2D eigenvalue weighted by molar-refractivity contribution is 5.91. The molecule has 206 valence electrons. The third kappa shape index (κ3) is 8.17. The molecule has 3 aromatic rings. The Morgan fingerprint density at radius 3 is 2.49 bits per heavy atom. The van der Waals surface area contributed by atoms with Crippen LogP contribution >= 0.6 is 0 Å². The molecule has 4 rings (SSSR count). The number of pyridine rings is 1. The van der Waals surface area contributed by atoms with Crippen LogP contribution in [0.2, 0.25) is 0 Å². The number of rotatable bonds is 12. The first-order chi connectivity index (χ1) is 19.0. The number of anilines is 1. The van der Waals surface area contributed by atoms with Gasteiger partial charge in [0.15, 0.2) is 0 Å². The molecule has 9 heteroatoms. The minimum absolute atomic E-state index is 0.0860. The summed E-state index contributed by atoms with van der Waals surface area (Å²) in [6.07, 6.45) is 8.90. The Morgan fingerprint density at radius 1 is 1.03 bits per heavy atom. The van der Waals surface area contributed by atoms with Gasteiger partial charge in [0.25, 0.3) is 0 Å². The fourth-order valence-corrected chi connectivity index (χ4v) is 4.87. The molecule has 0 spiro atoms. The number of amides is 3. The Balaban J connectivity index is 1.52. The van der Waals surface area contributed by atoms with Crippen LogP contribution < -0.4 is 15.4 Å². The summed E-state index contributed by atoms with van der Waals surface area (Å²) in [5.74, 6) is 1.01. The van der Waals surface area contributed by atoms with Crippen LogP contribution in [0.15, 0.2) is 71.5 Å². The van der Waals surface area contributed by atoms with Crippen molar-refractivity contribution < 1.29 is 23.5 Å². The summed E-state index contributed by atoms with van der Waals surface area (Å²) in [6.45, 7) is 0.126. The standard InChI is InChI=1S/C30H36N4O5/c1-38-24-17-15-22(16-18-24)29(30(37)32-23-9-3-2-4-10-23)34(21-25-11-8-20-39-25)28(36)14-7-13-27(35)33-26-12-5-6-19-31-26/h5-6,8,11-12,15-20,23,29H,2-4,7,9-10,13-14,21H2,1H3,(H,32,37)(H,31,33,35)/t29-/m0/s1. The topological polar surface area (TPSA) is 114 Å². The van der Waals surface area contributed by atoms with Crippen LogP contribution in [0.4, 0.5) is 5.82 Å². The van der Waals surface area contributed by atoms with Gasteiger partial charge in [-0.1, -0.05) is 37.5 Å². The smallest absolute Gasteiger partial charge is 0.247 e. The van der Waals surface area contributed by atoms with Crippen molar-refractivity contribution in [3.8, 4) is 5.75 Å². The minimum atomic E-state index is -0.863. The van der Waals surface area contributed by atoms with Crippen molar-refractivity contribution in [3.05, 3.63) is 78.4 Å². The van der Waals surface area contributed by atoms with Gasteiger partial charge in [-0.25, -0.2) is 4.98 Å². The van der Waals surface area contributed by atoms with E-state index >= 15 is 0 Å². The summed E-state index contributed by atoms with van der Waals surface area (Å²) in [4.78, 5) is 45.5. The molecule has 9 nitrogen and oxygen atoms in total. The molecule has 2 N–H and O–H groups in total. The van der Waals surface area contributed by atoms with Crippen LogP contribution in [0, 0.1) is 0 Å². The molecule has 0 aliphatic heterocycles. The lowest BCUT2D eigenvalue weighted by atomic mass is 9.94. The SMILES string of the molecule is COc1ccc([C@@H](C(=O)NC2CCCCC2)N(Cc2ccco2)C(=O)CCCC(=O)Nc2ccccn2)cc1. The van der Waals surface area contributed by atoms with Crippen molar-refractivity contribution in [2.45, 2.75) is 70.0 Å². The molecule has 1 fully saturated rings. The van der Waals surface area contributed by atoms with Crippen molar-refractivity contribution in [1.29, 1.82) is 0 Å². The fraction of sp³-hybridized carbons (Fsp3) is 0.400. The molecule has 1 saturated carbocycles. The second-order valence-electron chi connectivity index (χ2n) is 9.74. The maximum absolute atomic E-state index is 13.8. The molecular formula is C30H36N4O5. The van der Waals surface area contributed by atoms with Crippen LogP contribution in [0.3, 0.4) is 0 Å². The van der Waals surface area contributed by atoms with Gasteiger partial charge in [0.1, 0.15) is 23.4 Å². The average Bonchev–Trinajstić information content (AvgIpc) is 3.47. The molecule has 0 bridgehead atoms. The van der Waals surface area contributed by atoms with E-state index in [2.05, 4.69) is 15.6 Å². The number of furan rings is 1. The maximum atomic E-state index is 13.8. The van der Waals surface area contributed by atoms with E-state index in [9.17, 15) is 14.4 Å². The highest BCUT2D eigenvalue weighted by Crippen LogP contribution is 2.28. The van der Waals surface area contributed by atoms with Gasteiger partial charge in [-0.2, -0.15) is 0 Å². The lowest BCUT2D eigenvalue weighted by Crippen LogP contribution is -2.46. The molecule has 2 aromatic heterocycles. The molecule has 2 heterocycles. The Bertz CT molecular complexity index is 1190. The summed E-state index contributed by atoms with van der Waals surface area (Å²) >= 11 is 0. The molecule has 1 atom stereocenters. The van der Waals surface area contributed by atoms with E-state index in [1.54, 1.807) is 66.9 Å². The van der Waals surface area contributed by atoms with Gasteiger partial charge in [-0.15, -0.1) is 0 Å². The van der Waals surface area contributed by atoms with Crippen molar-refractivity contribution in [1.82, 2.24) is 15.2 Å². The van der Waals surface area contributed by atoms with Crippen LogP contribution in [-0.2, 0) is 20.9 Å². The third-order valence-electron chi connectivity index (χ3n) is 6.90. The first-order valence-electron chi connectivity index (χ1n) is 13.5. The van der Waals surface area contributed by atoms with Gasteiger partial charge in [0.2, 0.25) is 17.7 Å². The van der Waals surface area contributed by atoms with E-state index in [0.29, 0.717) is 29.3 Å². The Kier molecular flexibility index (Phi) is 10.1. The normalized spacial score (nSPS) is 14.3. The highest BCUT2D eigenvalue weighted by Gasteiger charge is 2.33. The summed E-state index contributed by atoms with van der Waals surface area (Å²) in [5, 5.41) is 5.94. The van der Waals surface area contributed by atoms with E-state index in [4.69, 9.17) is 9.15 Å². The zero-order chi connectivity index (χ0) is 27.5. The number of hydrogen-bond acceptors (Lipinski definition) is 6. The summed E-state index contributed by atoms with van der Waals surface area (Å²) in [5.41, 5.74) is 0.678. The number of aromatic nitrogens is 1. The predicted molar refractivity (Wildman–Crippen MR) is 147 cm³/mol. The van der Waals surface area contributed by atoms with Gasteiger partial charge in [-0.05, 0) is 61.2 Å². The van der Waals surface area contributed by atoms with Crippen molar-refractivity contribution in [3.63, 3.8) is 0 Å². The van der Waals surface area contributed by atoms with Gasteiger partial charge in [-0.3, -0.25) is 14.4 Å². The number of carbonyl (C=O) groups is 3. The van der Waals surface area contributed by atoms with E-state index < -0.39 is 6.04 Å². The lowest BCUT2D eigenvalue weighted by Gasteiger charge is -2.33. The van der Waals surface area contributed by atoms with E-state index in [1.807, 2.05) is 12.1 Å². The number of methoxy groups -OCH3 is 1. The summed E-state index contributed by atoms with van der Waals surface area (Å²) in [7, 11) is 1.58. The van der Waals surface area contributed by atoms with E-state index in [1.165, 1.54) is 6.42 Å². The summed E-state index contributed by atoms with van der Waals surface area (Å²) < 4.78 is 10.9. The van der Waals surface area contributed by atoms with Crippen molar-refractivity contribution in [2.75, 3.05) is 12.4 Å². The fourth-order valence-electron chi connectivity index (χ4n) is 4.87. The monoisotopic (exact) mass is 532 g/mol. The Labute approximate surface area is 228 Å². The molecule has 39 heavy (non-hydrogen) atoms. The molecular weight excluding hydrogens is 496 g/mol. The van der Waals surface area contributed by atoms with Crippen LogP contribution in [0.25, 0.3) is 0 Å². The van der Waals surface area contributed by atoms with Crippen LogP contribution in [0.1, 0.15) is 68.7 Å². The zero-order valence-corrected chi connectivity index (χ0v) is 22.3. The third-order valence-corrected chi connectivity index (χ3v) is 6.90. The number of carbonyl (C=O) groups excluding carboxylic acids is 3. The second-order valence-corrected chi connectivity index (χ2v) is 9.74. The van der Waals surface area contributed by atoms with E-state index in [0.717, 1.165) is 25.7 Å². The van der Waals surface area contributed by atoms with Gasteiger partial charge >= 0.3 is 0 Å². The zero-order valence-electron chi connectivity index (χ0n) is 22.3. The number of benzene rings is 1. The van der Waals surface area contributed by atoms with Gasteiger partial charge in [0, 0.05) is 25.1 Å². The number of hydrogen-bond donors (Lipinski definition) is 2. The van der Waals surface area contributed by atoms with Crippen molar-refractivity contribution in [2.24, 2.45) is 0 Å². The lowest BCUT2D eigenvalue weighted by molar-refractivity contribution is -0.142. The number of nitrogens with one attached hydrogen (secondary N) is 2. The Morgan fingerprint density at radius 2 is 1.82 bits per heavy atom. The summed E-state index contributed by atoms with van der Waals surface area (Å²) in [6, 6.07) is 15.2. The van der Waals surface area contributed by atoms with Crippen molar-refractivity contribution >= 4 is 23.5 Å². The van der Waals surface area contributed by atoms with Crippen LogP contribution in [-0.4, -0.2) is 40.8 Å². The maximum Gasteiger partial charge on any atom is 0.247 e. The molecule has 1 aliphatic carbocycles. The highest BCUT2D eigenvalue weighted by atomic mass is 16.5. The van der Waals surface area contributed by atoms with Gasteiger partial charge < -0.3 is 24.7 Å². The van der Waals surface area contributed by atoms with Crippen LogP contribution in [0.5, 0.6) is 5.75 Å². The quantitative estimate of drug-likeness (QED) is 0.339. The molecule has 3 amide bonds. The van der Waals surface area contributed by atoms with E-state index in [-0.39, 0.29) is 43.1 Å². The average molecular weight is 533 g/mol. The molecule has 1 aromatic carbocycles. The molecule has 0 radical (unpaired) electrons. The Hall–Kier alpha value is -4.14.